The van der Waals surface area contributed by atoms with Crippen LogP contribution >= 0.6 is 80.3 Å². The van der Waals surface area contributed by atoms with Gasteiger partial charge in [-0.3, -0.25) is 4.55 Å². The molecule has 1 N–H and O–H groups in total. The number of hydrogen-bond donors (Lipinski definition) is 1. The van der Waals surface area contributed by atoms with Gasteiger partial charge in [-0.25, -0.2) is 0 Å². The van der Waals surface area contributed by atoms with Crippen molar-refractivity contribution in [1.82, 2.24) is 0 Å². The zero-order valence-electron chi connectivity index (χ0n) is 6.82. The van der Waals surface area contributed by atoms with E-state index in [2.05, 4.69) is 10.7 Å². The molecule has 0 fully saturated rings. The van der Waals surface area contributed by atoms with E-state index in [0.29, 0.717) is 0 Å². The molecule has 0 saturated carbocycles. The van der Waals surface area contributed by atoms with E-state index in [0.717, 1.165) is 0 Å². The van der Waals surface area contributed by atoms with Crippen LogP contribution in [0.15, 0.2) is 20.1 Å². The van der Waals surface area contributed by atoms with E-state index in [-0.39, 0.29) is 20.1 Å². The molecule has 0 aromatic carbocycles. The Balaban J connectivity index is 0.000000385. The molecule has 0 radical (unpaired) electrons. The molecule has 11 heteroatoms. The van der Waals surface area contributed by atoms with Gasteiger partial charge in [-0.1, -0.05) is 69.6 Å². The fourth-order valence-corrected chi connectivity index (χ4v) is 2.13. The molecular weight excluding hydrogens is 388 g/mol. The van der Waals surface area contributed by atoms with Crippen molar-refractivity contribution >= 4 is 89.6 Å². The first-order valence-corrected chi connectivity index (χ1v) is 7.59. The fourth-order valence-electron chi connectivity index (χ4n) is 0.565. The van der Waals surface area contributed by atoms with E-state index in [1.54, 1.807) is 0 Å². The summed E-state index contributed by atoms with van der Waals surface area (Å²) in [6.45, 7) is 0. The van der Waals surface area contributed by atoms with Gasteiger partial charge >= 0.3 is 9.33 Å². The molecule has 1 rings (SSSR count). The molecule has 0 aromatic heterocycles. The smallest absolute Gasteiger partial charge is 0.273 e. The fraction of sp³-hybridized carbons (Fsp3) is 0.200. The normalized spacial score (nSPS) is 19.8. The van der Waals surface area contributed by atoms with Crippen molar-refractivity contribution in [2.24, 2.45) is 0 Å². The minimum absolute atomic E-state index is 0.0394. The lowest BCUT2D eigenvalue weighted by molar-refractivity contribution is 0.501. The third kappa shape index (κ3) is 4.96. The lowest BCUT2D eigenvalue weighted by atomic mass is 10.4. The van der Waals surface area contributed by atoms with E-state index >= 15 is 0 Å². The molecule has 0 amide bonds. The minimum Gasteiger partial charge on any atom is -0.273 e. The van der Waals surface area contributed by atoms with Crippen LogP contribution in [0.25, 0.3) is 0 Å². The molecule has 1 aliphatic rings. The Hall–Kier alpha value is 1.42. The highest BCUT2D eigenvalue weighted by Gasteiger charge is 2.42. The number of allylic oxidation sites excluding steroid dienone is 4. The quantitative estimate of drug-likeness (QED) is 0.375. The van der Waals surface area contributed by atoms with Crippen molar-refractivity contribution in [2.75, 3.05) is 0 Å². The number of alkyl halides is 2. The molecule has 0 unspecified atom stereocenters. The van der Waals surface area contributed by atoms with Crippen LogP contribution in [0.2, 0.25) is 0 Å². The topological polar surface area (TPSA) is 54.4 Å². The lowest BCUT2D eigenvalue weighted by Crippen LogP contribution is -2.09. The number of halogens is 7. The van der Waals surface area contributed by atoms with Crippen molar-refractivity contribution in [1.29, 1.82) is 0 Å². The summed E-state index contributed by atoms with van der Waals surface area (Å²) >= 11 is 33.8. The molecule has 16 heavy (non-hydrogen) atoms. The molecule has 0 aromatic rings. The highest BCUT2D eigenvalue weighted by atomic mass is 35.7. The molecule has 0 saturated heterocycles. The van der Waals surface area contributed by atoms with Crippen molar-refractivity contribution < 1.29 is 13.0 Å². The Labute approximate surface area is 126 Å². The first-order chi connectivity index (χ1) is 6.89. The maximum atomic E-state index is 8.95. The van der Waals surface area contributed by atoms with E-state index < -0.39 is 13.7 Å². The largest absolute Gasteiger partial charge is 0.353 e. The van der Waals surface area contributed by atoms with Crippen molar-refractivity contribution in [3.63, 3.8) is 0 Å². The van der Waals surface area contributed by atoms with E-state index in [9.17, 15) is 0 Å². The van der Waals surface area contributed by atoms with Crippen molar-refractivity contribution in [2.45, 2.75) is 4.33 Å². The minimum atomic E-state index is -4.19. The average molecular weight is 389 g/mol. The second kappa shape index (κ2) is 6.04. The molecule has 0 atom stereocenters. The summed E-state index contributed by atoms with van der Waals surface area (Å²) in [7, 11) is -0.137. The van der Waals surface area contributed by atoms with Gasteiger partial charge in [0.2, 0.25) is 0 Å². The van der Waals surface area contributed by atoms with Crippen LogP contribution in [0.4, 0.5) is 0 Å². The van der Waals surface area contributed by atoms with Gasteiger partial charge in [-0.15, -0.1) is 0 Å². The molecule has 0 spiro atoms. The van der Waals surface area contributed by atoms with Gasteiger partial charge in [-0.2, -0.15) is 8.42 Å². The van der Waals surface area contributed by atoms with Gasteiger partial charge in [0.25, 0.3) is 0 Å². The van der Waals surface area contributed by atoms with Crippen LogP contribution in [-0.2, 0) is 9.33 Å². The molecule has 0 heterocycles. The van der Waals surface area contributed by atoms with Gasteiger partial charge in [0.15, 0.2) is 4.33 Å². The maximum Gasteiger partial charge on any atom is 0.353 e. The van der Waals surface area contributed by atoms with Crippen LogP contribution in [0.5, 0.6) is 0 Å². The number of hydrogen-bond acceptors (Lipinski definition) is 2. The summed E-state index contributed by atoms with van der Waals surface area (Å²) in [6, 6.07) is 0. The molecule has 3 nitrogen and oxygen atoms in total. The highest BCUT2D eigenvalue weighted by Crippen LogP contribution is 2.53. The van der Waals surface area contributed by atoms with E-state index in [1.165, 1.54) is 0 Å². The standard InChI is InChI=1S/C5Cl6.ClHO3S/c6-1-2(7)4(9)5(10,11)3(1)8;1-5(2,3)4/h;(H,2,3,4). The summed E-state index contributed by atoms with van der Waals surface area (Å²) in [6.07, 6.45) is 0. The maximum absolute atomic E-state index is 8.95. The van der Waals surface area contributed by atoms with Crippen LogP contribution in [0.3, 0.4) is 0 Å². The van der Waals surface area contributed by atoms with E-state index in [4.69, 9.17) is 82.6 Å². The molecule has 0 aliphatic heterocycles. The van der Waals surface area contributed by atoms with Gasteiger partial charge in [-0.05, 0) is 0 Å². The van der Waals surface area contributed by atoms with Crippen molar-refractivity contribution in [3.05, 3.63) is 20.1 Å². The first kappa shape index (κ1) is 17.4. The Bertz CT molecular complexity index is 415. The van der Waals surface area contributed by atoms with Gasteiger partial charge in [0, 0.05) is 10.7 Å². The molecule has 1 aliphatic carbocycles. The monoisotopic (exact) mass is 386 g/mol. The Kier molecular flexibility index (Phi) is 6.58. The second-order valence-electron chi connectivity index (χ2n) is 2.24. The highest BCUT2D eigenvalue weighted by molar-refractivity contribution is 8.09. The summed E-state index contributed by atoms with van der Waals surface area (Å²) in [5.41, 5.74) is 0. The Morgan fingerprint density at radius 2 is 1.12 bits per heavy atom. The Morgan fingerprint density at radius 1 is 0.938 bits per heavy atom. The predicted octanol–water partition coefficient (Wildman–Crippen LogP) is 4.58. The molecular formula is C5HCl7O3S. The van der Waals surface area contributed by atoms with Gasteiger partial charge in [0.1, 0.15) is 0 Å². The summed E-state index contributed by atoms with van der Waals surface area (Å²) in [4.78, 5) is 0. The first-order valence-electron chi connectivity index (χ1n) is 3.05. The zero-order chi connectivity index (χ0) is 13.3. The third-order valence-electron chi connectivity index (χ3n) is 1.13. The third-order valence-corrected chi connectivity index (χ3v) is 4.26. The molecule has 0 bridgehead atoms. The lowest BCUT2D eigenvalue weighted by Gasteiger charge is -2.11. The second-order valence-corrected chi connectivity index (χ2v) is 7.08. The van der Waals surface area contributed by atoms with Crippen LogP contribution in [0.1, 0.15) is 0 Å². The summed E-state index contributed by atoms with van der Waals surface area (Å²) in [5, 5.41) is 0.279. The van der Waals surface area contributed by atoms with E-state index in [1.807, 2.05) is 0 Å². The van der Waals surface area contributed by atoms with Crippen LogP contribution in [0, 0.1) is 0 Å². The van der Waals surface area contributed by atoms with Gasteiger partial charge < -0.3 is 0 Å². The van der Waals surface area contributed by atoms with Crippen molar-refractivity contribution in [3.8, 4) is 0 Å². The SMILES string of the molecule is ClC1=C(Cl)C(Cl)(Cl)C(Cl)=C1Cl.O=S(=O)(O)Cl. The Morgan fingerprint density at radius 3 is 1.19 bits per heavy atom. The van der Waals surface area contributed by atoms with Gasteiger partial charge in [0.05, 0.1) is 20.1 Å². The van der Waals surface area contributed by atoms with Crippen LogP contribution in [-0.4, -0.2) is 17.3 Å². The van der Waals surface area contributed by atoms with Crippen LogP contribution < -0.4 is 0 Å². The zero-order valence-corrected chi connectivity index (χ0v) is 12.9. The average Bonchev–Trinajstić information content (AvgIpc) is 2.19. The summed E-state index contributed by atoms with van der Waals surface area (Å²) in [5.74, 6) is 0. The summed E-state index contributed by atoms with van der Waals surface area (Å²) < 4.78 is 23.7. The molecule has 94 valence electrons. The number of rotatable bonds is 0. The predicted molar refractivity (Wildman–Crippen MR) is 69.3 cm³/mol.